The first-order valence-electron chi connectivity index (χ1n) is 7.82. The number of fused-ring (bicyclic) bond motifs is 1. The van der Waals surface area contributed by atoms with E-state index in [1.165, 1.54) is 30.8 Å². The predicted molar refractivity (Wildman–Crippen MR) is 83.3 cm³/mol. The molecule has 0 unspecified atom stereocenters. The number of hydrogen-bond acceptors (Lipinski definition) is 3. The Kier molecular flexibility index (Phi) is 4.21. The van der Waals surface area contributed by atoms with E-state index in [1.807, 2.05) is 0 Å². The summed E-state index contributed by atoms with van der Waals surface area (Å²) in [4.78, 5) is 7.32. The maximum atomic E-state index is 4.86. The molecule has 0 saturated carbocycles. The van der Waals surface area contributed by atoms with Gasteiger partial charge in [-0.2, -0.15) is 0 Å². The molecule has 0 aromatic carbocycles. The Morgan fingerprint density at radius 2 is 2.05 bits per heavy atom. The lowest BCUT2D eigenvalue weighted by Gasteiger charge is -2.27. The molecule has 108 valence electrons. The lowest BCUT2D eigenvalue weighted by molar-refractivity contribution is 0.569. The van der Waals surface area contributed by atoms with Gasteiger partial charge < -0.3 is 14.6 Å². The highest BCUT2D eigenvalue weighted by Gasteiger charge is 2.19. The molecule has 1 N–H and O–H groups in total. The zero-order chi connectivity index (χ0) is 13.8. The fraction of sp³-hybridized carbons (Fsp3) is 0.562. The van der Waals surface area contributed by atoms with Gasteiger partial charge in [-0.25, -0.2) is 4.98 Å². The number of pyridine rings is 1. The van der Waals surface area contributed by atoms with Gasteiger partial charge in [-0.1, -0.05) is 13.0 Å². The van der Waals surface area contributed by atoms with Gasteiger partial charge in [0.1, 0.15) is 5.65 Å². The van der Waals surface area contributed by atoms with E-state index in [1.54, 1.807) is 0 Å². The Balaban J connectivity index is 1.93. The fourth-order valence-electron chi connectivity index (χ4n) is 2.94. The molecule has 20 heavy (non-hydrogen) atoms. The van der Waals surface area contributed by atoms with E-state index in [4.69, 9.17) is 4.98 Å². The summed E-state index contributed by atoms with van der Waals surface area (Å²) in [7, 11) is 0. The van der Waals surface area contributed by atoms with Crippen molar-refractivity contribution in [1.82, 2.24) is 14.7 Å². The fourth-order valence-corrected chi connectivity index (χ4v) is 2.94. The molecule has 3 rings (SSSR count). The molecule has 4 heteroatoms. The zero-order valence-corrected chi connectivity index (χ0v) is 12.3. The van der Waals surface area contributed by atoms with E-state index in [0.29, 0.717) is 0 Å². The molecule has 2 aromatic rings. The third-order valence-corrected chi connectivity index (χ3v) is 3.98. The van der Waals surface area contributed by atoms with Crippen LogP contribution in [-0.2, 0) is 6.54 Å². The third-order valence-electron chi connectivity index (χ3n) is 3.98. The van der Waals surface area contributed by atoms with Crippen LogP contribution in [0.25, 0.3) is 5.65 Å². The van der Waals surface area contributed by atoms with Crippen LogP contribution in [-0.4, -0.2) is 29.0 Å². The first-order valence-corrected chi connectivity index (χ1v) is 7.82. The molecule has 4 nitrogen and oxygen atoms in total. The molecule has 0 radical (unpaired) electrons. The van der Waals surface area contributed by atoms with Gasteiger partial charge in [0.15, 0.2) is 5.82 Å². The second-order valence-electron chi connectivity index (χ2n) is 5.54. The minimum atomic E-state index is 0.894. The number of nitrogens with zero attached hydrogens (tertiary/aromatic N) is 3. The molecular weight excluding hydrogens is 248 g/mol. The van der Waals surface area contributed by atoms with E-state index in [2.05, 4.69) is 45.9 Å². The monoisotopic (exact) mass is 272 g/mol. The Morgan fingerprint density at radius 1 is 1.20 bits per heavy atom. The number of nitrogens with one attached hydrogen (secondary N) is 1. The standard InChI is InChI=1S/C16H24N4/c1-2-9-17-13-14-16(19-10-5-3-6-11-19)18-15-8-4-7-12-20(14)15/h4,7-8,12,17H,2-3,5-6,9-11,13H2,1H3. The lowest BCUT2D eigenvalue weighted by Crippen LogP contribution is -2.31. The highest BCUT2D eigenvalue weighted by atomic mass is 15.2. The Hall–Kier alpha value is -1.55. The van der Waals surface area contributed by atoms with Crippen molar-refractivity contribution in [2.75, 3.05) is 24.5 Å². The number of rotatable bonds is 5. The Bertz CT molecular complexity index is 555. The molecule has 1 aliphatic rings. The maximum absolute atomic E-state index is 4.86. The summed E-state index contributed by atoms with van der Waals surface area (Å²) < 4.78 is 2.23. The average molecular weight is 272 g/mol. The Morgan fingerprint density at radius 3 is 2.85 bits per heavy atom. The van der Waals surface area contributed by atoms with Gasteiger partial charge >= 0.3 is 0 Å². The molecule has 0 atom stereocenters. The van der Waals surface area contributed by atoms with Gasteiger partial charge in [-0.15, -0.1) is 0 Å². The normalized spacial score (nSPS) is 15.9. The van der Waals surface area contributed by atoms with Crippen LogP contribution in [0.5, 0.6) is 0 Å². The van der Waals surface area contributed by atoms with E-state index in [9.17, 15) is 0 Å². The molecule has 0 spiro atoms. The second-order valence-corrected chi connectivity index (χ2v) is 5.54. The van der Waals surface area contributed by atoms with Crippen LogP contribution in [0.4, 0.5) is 5.82 Å². The lowest BCUT2D eigenvalue weighted by atomic mass is 10.1. The van der Waals surface area contributed by atoms with E-state index < -0.39 is 0 Å². The van der Waals surface area contributed by atoms with Crippen molar-refractivity contribution in [3.05, 3.63) is 30.1 Å². The van der Waals surface area contributed by atoms with E-state index >= 15 is 0 Å². The molecule has 0 aliphatic carbocycles. The highest BCUT2D eigenvalue weighted by Crippen LogP contribution is 2.24. The van der Waals surface area contributed by atoms with Crippen molar-refractivity contribution < 1.29 is 0 Å². The summed E-state index contributed by atoms with van der Waals surface area (Å²) in [6, 6.07) is 6.24. The summed E-state index contributed by atoms with van der Waals surface area (Å²) in [6.07, 6.45) is 7.22. The summed E-state index contributed by atoms with van der Waals surface area (Å²) in [5, 5.41) is 3.52. The van der Waals surface area contributed by atoms with Crippen molar-refractivity contribution in [2.45, 2.75) is 39.2 Å². The minimum absolute atomic E-state index is 0.894. The van der Waals surface area contributed by atoms with Crippen LogP contribution < -0.4 is 10.2 Å². The number of anilines is 1. The number of piperidine rings is 1. The zero-order valence-electron chi connectivity index (χ0n) is 12.3. The van der Waals surface area contributed by atoms with Crippen LogP contribution in [0.1, 0.15) is 38.3 Å². The smallest absolute Gasteiger partial charge is 0.152 e. The van der Waals surface area contributed by atoms with Gasteiger partial charge in [0.25, 0.3) is 0 Å². The summed E-state index contributed by atoms with van der Waals surface area (Å²) in [6.45, 7) is 6.44. The largest absolute Gasteiger partial charge is 0.355 e. The average Bonchev–Trinajstić information content (AvgIpc) is 2.87. The van der Waals surface area contributed by atoms with Gasteiger partial charge in [-0.05, 0) is 44.4 Å². The van der Waals surface area contributed by atoms with Crippen LogP contribution in [0, 0.1) is 0 Å². The van der Waals surface area contributed by atoms with E-state index in [0.717, 1.165) is 38.2 Å². The summed E-state index contributed by atoms with van der Waals surface area (Å²) >= 11 is 0. The van der Waals surface area contributed by atoms with Crippen LogP contribution in [0.3, 0.4) is 0 Å². The SMILES string of the molecule is CCCNCc1c(N2CCCCC2)nc2ccccn12. The number of hydrogen-bond donors (Lipinski definition) is 1. The van der Waals surface area contributed by atoms with E-state index in [-0.39, 0.29) is 0 Å². The van der Waals surface area contributed by atoms with Crippen molar-refractivity contribution in [3.8, 4) is 0 Å². The van der Waals surface area contributed by atoms with Gasteiger partial charge in [0.2, 0.25) is 0 Å². The molecule has 3 heterocycles. The molecule has 1 fully saturated rings. The van der Waals surface area contributed by atoms with Crippen molar-refractivity contribution in [3.63, 3.8) is 0 Å². The minimum Gasteiger partial charge on any atom is -0.355 e. The summed E-state index contributed by atoms with van der Waals surface area (Å²) in [5.74, 6) is 1.18. The van der Waals surface area contributed by atoms with Crippen LogP contribution in [0.2, 0.25) is 0 Å². The second kappa shape index (κ2) is 6.27. The third kappa shape index (κ3) is 2.66. The van der Waals surface area contributed by atoms with Crippen molar-refractivity contribution >= 4 is 11.5 Å². The number of imidazole rings is 1. The first kappa shape index (κ1) is 13.4. The Labute approximate surface area is 120 Å². The highest BCUT2D eigenvalue weighted by molar-refractivity contribution is 5.56. The maximum Gasteiger partial charge on any atom is 0.152 e. The molecular formula is C16H24N4. The van der Waals surface area contributed by atoms with Gasteiger partial charge in [0, 0.05) is 25.8 Å². The number of aromatic nitrogens is 2. The van der Waals surface area contributed by atoms with Crippen LogP contribution in [0.15, 0.2) is 24.4 Å². The van der Waals surface area contributed by atoms with Crippen molar-refractivity contribution in [1.29, 1.82) is 0 Å². The quantitative estimate of drug-likeness (QED) is 0.850. The van der Waals surface area contributed by atoms with Crippen molar-refractivity contribution in [2.24, 2.45) is 0 Å². The molecule has 0 bridgehead atoms. The van der Waals surface area contributed by atoms with Gasteiger partial charge in [0.05, 0.1) is 5.69 Å². The molecule has 1 saturated heterocycles. The topological polar surface area (TPSA) is 32.6 Å². The predicted octanol–water partition coefficient (Wildman–Crippen LogP) is 2.82. The van der Waals surface area contributed by atoms with Gasteiger partial charge in [-0.3, -0.25) is 0 Å². The molecule has 2 aromatic heterocycles. The van der Waals surface area contributed by atoms with Crippen LogP contribution >= 0.6 is 0 Å². The molecule has 1 aliphatic heterocycles. The summed E-state index contributed by atoms with van der Waals surface area (Å²) in [5.41, 5.74) is 2.36. The first-order chi connectivity index (χ1) is 9.90. The molecule has 0 amide bonds.